The molecule has 2 aliphatic heterocycles. The zero-order valence-corrected chi connectivity index (χ0v) is 39.7. The second-order valence-corrected chi connectivity index (χ2v) is 21.6. The summed E-state index contributed by atoms with van der Waals surface area (Å²) in [5.41, 5.74) is 3.39. The first kappa shape index (κ1) is 46.5. The number of pyridine rings is 2. The molecule has 4 N–H and O–H groups in total. The Kier molecular flexibility index (Phi) is 13.1. The smallest absolute Gasteiger partial charge is 0.312 e. The van der Waals surface area contributed by atoms with Crippen LogP contribution in [0.25, 0.3) is 11.0 Å². The van der Waals surface area contributed by atoms with Gasteiger partial charge >= 0.3 is 5.69 Å². The van der Waals surface area contributed by atoms with Crippen LogP contribution in [0.2, 0.25) is 0 Å². The lowest BCUT2D eigenvalue weighted by molar-refractivity contribution is -0.384. The summed E-state index contributed by atoms with van der Waals surface area (Å²) in [6.45, 7) is 14.9. The molecule has 9 rings (SSSR count). The Morgan fingerprint density at radius 3 is 2.49 bits per heavy atom. The monoisotopic (exact) mass is 933 g/mol. The van der Waals surface area contributed by atoms with Crippen LogP contribution in [-0.2, 0) is 10.0 Å². The molecule has 356 valence electrons. The highest BCUT2D eigenvalue weighted by Crippen LogP contribution is 2.53. The molecule has 4 aliphatic rings. The van der Waals surface area contributed by atoms with Crippen molar-refractivity contribution in [2.45, 2.75) is 108 Å². The normalized spacial score (nSPS) is 22.7. The van der Waals surface area contributed by atoms with E-state index in [0.29, 0.717) is 48.8 Å². The second-order valence-electron chi connectivity index (χ2n) is 19.9. The van der Waals surface area contributed by atoms with E-state index >= 15 is 0 Å². The number of piperazine rings is 1. The van der Waals surface area contributed by atoms with Gasteiger partial charge in [0.1, 0.15) is 22.0 Å². The molecule has 2 saturated carbocycles. The number of carbonyl (C=O) groups excluding carboxylic acids is 1. The third-order valence-corrected chi connectivity index (χ3v) is 16.4. The third kappa shape index (κ3) is 10.0. The van der Waals surface area contributed by atoms with Crippen LogP contribution in [0, 0.1) is 21.4 Å². The van der Waals surface area contributed by atoms with Crippen LogP contribution < -0.4 is 19.7 Å². The Hall–Kier alpha value is -5.62. The van der Waals surface area contributed by atoms with E-state index in [4.69, 9.17) is 4.74 Å². The number of nitro groups is 1. The molecule has 5 aromatic rings. The number of aromatic amines is 1. The Bertz CT molecular complexity index is 2720. The topological polar surface area (TPSA) is 199 Å². The summed E-state index contributed by atoms with van der Waals surface area (Å²) >= 11 is 0. The van der Waals surface area contributed by atoms with Crippen LogP contribution in [0.1, 0.15) is 113 Å². The number of H-pyrrole nitrogens is 1. The van der Waals surface area contributed by atoms with Gasteiger partial charge in [0.05, 0.1) is 28.5 Å². The lowest BCUT2D eigenvalue weighted by Gasteiger charge is -2.58. The van der Waals surface area contributed by atoms with Gasteiger partial charge in [-0.3, -0.25) is 19.8 Å². The molecule has 1 spiro atoms. The second kappa shape index (κ2) is 18.8. The van der Waals surface area contributed by atoms with Crippen LogP contribution in [0.4, 0.5) is 17.2 Å². The minimum Gasteiger partial charge on any atom is -0.455 e. The maximum Gasteiger partial charge on any atom is 0.312 e. The van der Waals surface area contributed by atoms with Crippen LogP contribution in [0.3, 0.4) is 0 Å². The first-order valence-electron chi connectivity index (χ1n) is 23.8. The SMILES string of the molecule is CCN1CCN(C2CC3(CCN(c4ccc(C(=O)NS(=O)(=O)c5cnc(NCC6CCC(C)(O)CC6)c([N+](=O)[O-])c5)c(Oc5cnc6[nH]ccc6c5)c4)CC3)C2)[C@H](c2ccccc2C(C)C)C1. The van der Waals surface area contributed by atoms with Crippen molar-refractivity contribution in [3.63, 3.8) is 0 Å². The van der Waals surface area contributed by atoms with Crippen LogP contribution in [-0.4, -0.2) is 107 Å². The standard InChI is InChI=1S/C50H63N9O7S/c1-5-56-22-23-58(44(32-56)41-9-7-6-8-40(41)33(2)3)37-27-50(28-37)17-20-57(21-18-50)36-10-11-42(45(25-36)66-38-24-35-14-19-51-46(35)53-30-38)48(60)55-67(64,65)39-26-43(59(62)63)47(54-31-39)52-29-34-12-15-49(4,61)16-13-34/h6-11,14,19,24-26,30-31,33-34,37,44,61H,5,12-13,15-18,20-23,27-29,32H2,1-4H3,(H,51,53)(H,52,54)(H,55,60)/t34?,44-,49?/m0/s1. The summed E-state index contributed by atoms with van der Waals surface area (Å²) in [6.07, 6.45) is 11.4. The van der Waals surface area contributed by atoms with Crippen molar-refractivity contribution in [2.24, 2.45) is 11.3 Å². The number of hydrogen-bond donors (Lipinski definition) is 4. The number of nitrogens with one attached hydrogen (secondary N) is 3. The van der Waals surface area contributed by atoms with Crippen molar-refractivity contribution in [1.29, 1.82) is 0 Å². The van der Waals surface area contributed by atoms with Crippen molar-refractivity contribution in [1.82, 2.24) is 29.5 Å². The van der Waals surface area contributed by atoms with E-state index in [2.05, 4.69) is 84.7 Å². The average molecular weight is 934 g/mol. The van der Waals surface area contributed by atoms with Crippen molar-refractivity contribution < 1.29 is 28.0 Å². The molecule has 2 saturated heterocycles. The predicted octanol–water partition coefficient (Wildman–Crippen LogP) is 8.38. The van der Waals surface area contributed by atoms with E-state index in [0.717, 1.165) is 88.3 Å². The van der Waals surface area contributed by atoms with Gasteiger partial charge in [-0.05, 0) is 117 Å². The molecule has 1 amide bonds. The number of hydrogen-bond acceptors (Lipinski definition) is 13. The van der Waals surface area contributed by atoms with E-state index in [1.165, 1.54) is 30.2 Å². The zero-order chi connectivity index (χ0) is 47.1. The van der Waals surface area contributed by atoms with E-state index in [9.17, 15) is 28.4 Å². The highest BCUT2D eigenvalue weighted by atomic mass is 32.2. The largest absolute Gasteiger partial charge is 0.455 e. The summed E-state index contributed by atoms with van der Waals surface area (Å²) in [5.74, 6) is 0.0756. The van der Waals surface area contributed by atoms with Crippen molar-refractivity contribution in [3.05, 3.63) is 106 Å². The molecule has 0 bridgehead atoms. The van der Waals surface area contributed by atoms with Crippen LogP contribution in [0.5, 0.6) is 11.5 Å². The fourth-order valence-electron chi connectivity index (χ4n) is 10.9. The molecule has 2 aromatic carbocycles. The summed E-state index contributed by atoms with van der Waals surface area (Å²) in [4.78, 5) is 44.2. The number of rotatable bonds is 14. The van der Waals surface area contributed by atoms with Gasteiger partial charge in [-0.15, -0.1) is 0 Å². The predicted molar refractivity (Wildman–Crippen MR) is 258 cm³/mol. The molecule has 16 nitrogen and oxygen atoms in total. The first-order valence-corrected chi connectivity index (χ1v) is 25.3. The van der Waals surface area contributed by atoms with Crippen LogP contribution >= 0.6 is 0 Å². The van der Waals surface area contributed by atoms with Gasteiger partial charge in [0.25, 0.3) is 15.9 Å². The van der Waals surface area contributed by atoms with E-state index in [1.807, 2.05) is 12.1 Å². The highest BCUT2D eigenvalue weighted by molar-refractivity contribution is 7.90. The lowest BCUT2D eigenvalue weighted by atomic mass is 9.59. The number of likely N-dealkylation sites (N-methyl/N-ethyl adjacent to an activating group) is 1. The Labute approximate surface area is 392 Å². The molecule has 0 radical (unpaired) electrons. The van der Waals surface area contributed by atoms with Gasteiger partial charge in [0.15, 0.2) is 0 Å². The first-order chi connectivity index (χ1) is 32.1. The van der Waals surface area contributed by atoms with Gasteiger partial charge in [-0.25, -0.2) is 23.1 Å². The van der Waals surface area contributed by atoms with E-state index < -0.39 is 37.0 Å². The molecule has 1 atom stereocenters. The van der Waals surface area contributed by atoms with Gasteiger partial charge in [0.2, 0.25) is 5.82 Å². The number of anilines is 2. The number of aromatic nitrogens is 3. The number of aliphatic hydroxyl groups is 1. The maximum atomic E-state index is 14.0. The molecular weight excluding hydrogens is 871 g/mol. The number of sulfonamides is 1. The van der Waals surface area contributed by atoms with E-state index in [1.54, 1.807) is 31.3 Å². The molecule has 4 fully saturated rings. The van der Waals surface area contributed by atoms with Crippen LogP contribution in [0.15, 0.2) is 84.1 Å². The number of amides is 1. The number of piperidine rings is 1. The van der Waals surface area contributed by atoms with Gasteiger partial charge in [0, 0.05) is 80.8 Å². The van der Waals surface area contributed by atoms with E-state index in [-0.39, 0.29) is 28.5 Å². The van der Waals surface area contributed by atoms with Gasteiger partial charge < -0.3 is 29.9 Å². The Morgan fingerprint density at radius 2 is 1.76 bits per heavy atom. The number of carbonyl (C=O) groups is 1. The molecule has 0 unspecified atom stereocenters. The minimum absolute atomic E-state index is 0.0409. The Morgan fingerprint density at radius 1 is 1.00 bits per heavy atom. The van der Waals surface area contributed by atoms with Crippen molar-refractivity contribution >= 4 is 44.2 Å². The van der Waals surface area contributed by atoms with Crippen molar-refractivity contribution in [3.8, 4) is 11.5 Å². The summed E-state index contributed by atoms with van der Waals surface area (Å²) in [7, 11) is -4.63. The molecule has 67 heavy (non-hydrogen) atoms. The summed E-state index contributed by atoms with van der Waals surface area (Å²) in [6, 6.07) is 19.6. The van der Waals surface area contributed by atoms with Gasteiger partial charge in [-0.1, -0.05) is 45.0 Å². The number of fused-ring (bicyclic) bond motifs is 1. The zero-order valence-electron chi connectivity index (χ0n) is 38.9. The molecule has 2 aliphatic carbocycles. The van der Waals surface area contributed by atoms with Crippen molar-refractivity contribution in [2.75, 3.05) is 56.0 Å². The molecule has 17 heteroatoms. The molecule has 5 heterocycles. The summed E-state index contributed by atoms with van der Waals surface area (Å²) in [5, 5.41) is 26.3. The number of benzene rings is 2. The quantitative estimate of drug-likeness (QED) is 0.0612. The fraction of sp³-hybridized carbons (Fsp3) is 0.500. The average Bonchev–Trinajstić information content (AvgIpc) is 3.78. The lowest BCUT2D eigenvalue weighted by Crippen LogP contribution is -2.60. The molecular formula is C50H63N9O7S. The fourth-order valence-corrected chi connectivity index (χ4v) is 11.9. The summed E-state index contributed by atoms with van der Waals surface area (Å²) < 4.78 is 36.0. The third-order valence-electron chi connectivity index (χ3n) is 15.1. The van der Waals surface area contributed by atoms with Gasteiger partial charge in [-0.2, -0.15) is 0 Å². The molecule has 3 aromatic heterocycles. The number of ether oxygens (including phenoxy) is 1. The highest BCUT2D eigenvalue weighted by Gasteiger charge is 2.50. The maximum absolute atomic E-state index is 14.0. The number of nitrogens with zero attached hydrogens (tertiary/aromatic N) is 6. The minimum atomic E-state index is -4.63. The Balaban J connectivity index is 0.899.